The van der Waals surface area contributed by atoms with Gasteiger partial charge in [-0.3, -0.25) is 19.5 Å². The van der Waals surface area contributed by atoms with Crippen molar-refractivity contribution in [3.05, 3.63) is 34.5 Å². The zero-order chi connectivity index (χ0) is 26.5. The van der Waals surface area contributed by atoms with E-state index in [9.17, 15) is 14.4 Å². The van der Waals surface area contributed by atoms with E-state index >= 15 is 0 Å². The van der Waals surface area contributed by atoms with E-state index in [1.165, 1.54) is 0 Å². The molecule has 206 valence electrons. The molecule has 0 spiro atoms. The van der Waals surface area contributed by atoms with Crippen LogP contribution < -0.4 is 4.74 Å². The molecular formula is C28H34N6O5. The molecule has 1 saturated carbocycles. The van der Waals surface area contributed by atoms with E-state index in [0.717, 1.165) is 55.7 Å². The number of piperazine rings is 1. The minimum atomic E-state index is -0.0292. The maximum atomic E-state index is 13.6. The second-order valence-electron chi connectivity index (χ2n) is 11.5. The van der Waals surface area contributed by atoms with Crippen LogP contribution >= 0.6 is 0 Å². The molecule has 7 rings (SSSR count). The molecular weight excluding hydrogens is 500 g/mol. The quantitative estimate of drug-likeness (QED) is 0.530. The molecule has 6 heterocycles. The topological polar surface area (TPSA) is 108 Å². The molecule has 0 bridgehead atoms. The lowest BCUT2D eigenvalue weighted by atomic mass is 10.0. The van der Waals surface area contributed by atoms with Gasteiger partial charge in [-0.15, -0.1) is 0 Å². The van der Waals surface area contributed by atoms with Crippen LogP contribution in [-0.2, 0) is 9.53 Å². The van der Waals surface area contributed by atoms with E-state index in [-0.39, 0.29) is 24.4 Å². The summed E-state index contributed by atoms with van der Waals surface area (Å²) in [5.74, 6) is 2.11. The predicted molar refractivity (Wildman–Crippen MR) is 141 cm³/mol. The van der Waals surface area contributed by atoms with E-state index in [2.05, 4.69) is 4.99 Å². The average Bonchev–Trinajstić information content (AvgIpc) is 3.49. The number of aliphatic imine (C=N–C) groups is 1. The van der Waals surface area contributed by atoms with Crippen LogP contribution in [-0.4, -0.2) is 120 Å². The summed E-state index contributed by atoms with van der Waals surface area (Å²) in [6.07, 6.45) is 4.19. The molecule has 0 unspecified atom stereocenters. The molecule has 2 saturated heterocycles. The molecule has 1 aliphatic carbocycles. The largest absolute Gasteiger partial charge is 0.477 e. The summed E-state index contributed by atoms with van der Waals surface area (Å²) in [4.78, 5) is 54.9. The Hall–Kier alpha value is -3.47. The summed E-state index contributed by atoms with van der Waals surface area (Å²) in [5, 5.41) is 0. The Kier molecular flexibility index (Phi) is 6.25. The zero-order valence-electron chi connectivity index (χ0n) is 22.1. The normalized spacial score (nSPS) is 23.4. The van der Waals surface area contributed by atoms with Crippen LogP contribution in [0.4, 0.5) is 4.79 Å². The summed E-state index contributed by atoms with van der Waals surface area (Å²) in [5.41, 5.74) is 3.88. The van der Waals surface area contributed by atoms with E-state index in [0.29, 0.717) is 81.5 Å². The third kappa shape index (κ3) is 4.88. The van der Waals surface area contributed by atoms with Crippen LogP contribution in [0, 0.1) is 5.92 Å². The minimum absolute atomic E-state index is 0.0115. The Balaban J connectivity index is 0.971. The van der Waals surface area contributed by atoms with E-state index < -0.39 is 0 Å². The van der Waals surface area contributed by atoms with Gasteiger partial charge >= 0.3 is 6.03 Å². The van der Waals surface area contributed by atoms with Gasteiger partial charge in [0.15, 0.2) is 0 Å². The number of nitrogens with zero attached hydrogens (tertiary/aromatic N) is 6. The summed E-state index contributed by atoms with van der Waals surface area (Å²) in [6, 6.07) is 3.71. The molecule has 11 heteroatoms. The molecule has 11 nitrogen and oxygen atoms in total. The zero-order valence-corrected chi connectivity index (χ0v) is 22.1. The number of ether oxygens (including phenoxy) is 2. The van der Waals surface area contributed by atoms with E-state index in [1.54, 1.807) is 15.9 Å². The van der Waals surface area contributed by atoms with Crippen LogP contribution in [0.15, 0.2) is 28.3 Å². The first-order chi connectivity index (χ1) is 19.0. The molecule has 5 aliphatic heterocycles. The number of carbonyl (C=O) groups excluding carboxylic acids is 3. The van der Waals surface area contributed by atoms with Crippen molar-refractivity contribution in [1.29, 1.82) is 0 Å². The smallest absolute Gasteiger partial charge is 0.321 e. The minimum Gasteiger partial charge on any atom is -0.477 e. The fourth-order valence-corrected chi connectivity index (χ4v) is 6.17. The molecule has 1 aromatic heterocycles. The van der Waals surface area contributed by atoms with Gasteiger partial charge in [-0.1, -0.05) is 0 Å². The van der Waals surface area contributed by atoms with Gasteiger partial charge in [-0.2, -0.15) is 0 Å². The second-order valence-corrected chi connectivity index (χ2v) is 11.5. The number of hydrogen-bond acceptors (Lipinski definition) is 7. The lowest BCUT2D eigenvalue weighted by Crippen LogP contribution is -2.55. The van der Waals surface area contributed by atoms with Crippen molar-refractivity contribution < 1.29 is 23.9 Å². The van der Waals surface area contributed by atoms with Crippen LogP contribution in [0.5, 0.6) is 5.88 Å². The number of fused-ring (bicyclic) bond motifs is 1. The SMILES string of the molecule is O=C(c1cc(OCC2CCOCC2)nc(C2CC2)c1)N1CC2=C(C1)CN(C(=O)N1CCN3C(=O)CN=C3C1)C2. The summed E-state index contributed by atoms with van der Waals surface area (Å²) < 4.78 is 11.5. The van der Waals surface area contributed by atoms with Gasteiger partial charge < -0.3 is 24.2 Å². The maximum absolute atomic E-state index is 13.6. The van der Waals surface area contributed by atoms with Crippen LogP contribution in [0.25, 0.3) is 0 Å². The number of urea groups is 1. The number of aromatic nitrogens is 1. The third-order valence-electron chi connectivity index (χ3n) is 8.66. The van der Waals surface area contributed by atoms with Gasteiger partial charge in [0.25, 0.3) is 5.91 Å². The van der Waals surface area contributed by atoms with Gasteiger partial charge in [-0.05, 0) is 48.8 Å². The summed E-state index contributed by atoms with van der Waals surface area (Å²) >= 11 is 0. The third-order valence-corrected chi connectivity index (χ3v) is 8.66. The highest BCUT2D eigenvalue weighted by atomic mass is 16.5. The van der Waals surface area contributed by atoms with Gasteiger partial charge in [0, 0.05) is 75.7 Å². The van der Waals surface area contributed by atoms with E-state index in [1.807, 2.05) is 15.9 Å². The van der Waals surface area contributed by atoms with Gasteiger partial charge in [0.1, 0.15) is 12.4 Å². The first-order valence-electron chi connectivity index (χ1n) is 14.1. The monoisotopic (exact) mass is 534 g/mol. The molecule has 0 N–H and O–H groups in total. The van der Waals surface area contributed by atoms with Gasteiger partial charge in [0.2, 0.25) is 11.8 Å². The molecule has 0 atom stereocenters. The molecule has 0 aromatic carbocycles. The van der Waals surface area contributed by atoms with Crippen molar-refractivity contribution in [3.8, 4) is 5.88 Å². The van der Waals surface area contributed by atoms with Gasteiger partial charge in [0.05, 0.1) is 13.2 Å². The highest BCUT2D eigenvalue weighted by Gasteiger charge is 2.39. The first kappa shape index (κ1) is 24.6. The molecule has 6 aliphatic rings. The van der Waals surface area contributed by atoms with Crippen LogP contribution in [0.1, 0.15) is 47.7 Å². The van der Waals surface area contributed by atoms with Crippen molar-refractivity contribution >= 4 is 23.7 Å². The number of hydrogen-bond donors (Lipinski definition) is 0. The van der Waals surface area contributed by atoms with Crippen molar-refractivity contribution in [2.45, 2.75) is 31.6 Å². The van der Waals surface area contributed by atoms with Crippen molar-refractivity contribution in [1.82, 2.24) is 24.6 Å². The second kappa shape index (κ2) is 9.93. The number of amides is 4. The Morgan fingerprint density at radius 1 is 0.923 bits per heavy atom. The number of amidine groups is 1. The Labute approximate surface area is 227 Å². The predicted octanol–water partition coefficient (Wildman–Crippen LogP) is 1.51. The summed E-state index contributed by atoms with van der Waals surface area (Å²) in [6.45, 7) is 5.86. The number of carbonyl (C=O) groups is 3. The fraction of sp³-hybridized carbons (Fsp3) is 0.607. The average molecular weight is 535 g/mol. The Morgan fingerprint density at radius 3 is 2.41 bits per heavy atom. The highest BCUT2D eigenvalue weighted by molar-refractivity contribution is 6.06. The van der Waals surface area contributed by atoms with Crippen LogP contribution in [0.2, 0.25) is 0 Å². The highest BCUT2D eigenvalue weighted by Crippen LogP contribution is 2.40. The molecule has 39 heavy (non-hydrogen) atoms. The molecule has 4 amide bonds. The lowest BCUT2D eigenvalue weighted by Gasteiger charge is -2.35. The number of pyridine rings is 1. The van der Waals surface area contributed by atoms with Crippen LogP contribution in [0.3, 0.4) is 0 Å². The lowest BCUT2D eigenvalue weighted by molar-refractivity contribution is -0.125. The Bertz CT molecular complexity index is 1250. The number of rotatable bonds is 5. The molecule has 1 aromatic rings. The first-order valence-corrected chi connectivity index (χ1v) is 14.1. The van der Waals surface area contributed by atoms with Crippen molar-refractivity contribution in [2.75, 3.05) is 72.2 Å². The molecule has 0 radical (unpaired) electrons. The maximum Gasteiger partial charge on any atom is 0.321 e. The fourth-order valence-electron chi connectivity index (χ4n) is 6.17. The van der Waals surface area contributed by atoms with Crippen molar-refractivity contribution in [2.24, 2.45) is 10.9 Å². The van der Waals surface area contributed by atoms with Crippen molar-refractivity contribution in [3.63, 3.8) is 0 Å². The summed E-state index contributed by atoms with van der Waals surface area (Å²) in [7, 11) is 0. The van der Waals surface area contributed by atoms with E-state index in [4.69, 9.17) is 14.5 Å². The Morgan fingerprint density at radius 2 is 1.67 bits per heavy atom. The molecule has 3 fully saturated rings. The van der Waals surface area contributed by atoms with Gasteiger partial charge in [-0.25, -0.2) is 9.78 Å². The standard InChI is InChI=1S/C28H34N6O5/c35-26-11-29-24-16-31(5-6-34(24)26)28(37)33-14-21-12-32(13-22(21)15-33)27(36)20-9-23(19-1-2-19)30-25(10-20)39-17-18-3-7-38-8-4-18/h9-10,18-19H,1-8,11-17H2.